The number of hydrogen-bond acceptors (Lipinski definition) is 5. The first-order chi connectivity index (χ1) is 7.47. The molecule has 0 aromatic heterocycles. The Morgan fingerprint density at radius 2 is 2.06 bits per heavy atom. The van der Waals surface area contributed by atoms with Crippen molar-refractivity contribution in [1.82, 2.24) is 0 Å². The summed E-state index contributed by atoms with van der Waals surface area (Å²) >= 11 is 3.86. The average molecular weight is 242 g/mol. The van der Waals surface area contributed by atoms with Gasteiger partial charge < -0.3 is 15.3 Å². The first kappa shape index (κ1) is 13.0. The van der Waals surface area contributed by atoms with Gasteiger partial charge in [-0.3, -0.25) is 4.79 Å². The van der Waals surface area contributed by atoms with Gasteiger partial charge in [-0.2, -0.15) is 12.6 Å². The Balaban J connectivity index is 3.01. The fraction of sp³-hybridized carbons (Fsp3) is 0.364. The fourth-order valence-corrected chi connectivity index (χ4v) is 1.55. The van der Waals surface area contributed by atoms with Gasteiger partial charge in [0.15, 0.2) is 5.78 Å². The van der Waals surface area contributed by atoms with Gasteiger partial charge in [-0.15, -0.1) is 0 Å². The van der Waals surface area contributed by atoms with Crippen LogP contribution in [0.1, 0.15) is 28.9 Å². The molecule has 1 aromatic carbocycles. The first-order valence-corrected chi connectivity index (χ1v) is 5.41. The molecule has 4 nitrogen and oxygen atoms in total. The van der Waals surface area contributed by atoms with E-state index in [-0.39, 0.29) is 22.8 Å². The van der Waals surface area contributed by atoms with Crippen molar-refractivity contribution < 1.29 is 20.1 Å². The molecule has 0 spiro atoms. The third kappa shape index (κ3) is 2.75. The number of aromatic hydroxyl groups is 1. The zero-order valence-electron chi connectivity index (χ0n) is 8.79. The highest BCUT2D eigenvalue weighted by Gasteiger charge is 2.18. The third-order valence-electron chi connectivity index (χ3n) is 2.29. The Morgan fingerprint density at radius 1 is 1.44 bits per heavy atom. The Labute approximate surface area is 99.0 Å². The minimum atomic E-state index is -1.12. The van der Waals surface area contributed by atoms with Crippen molar-refractivity contribution in [3.05, 3.63) is 29.3 Å². The summed E-state index contributed by atoms with van der Waals surface area (Å²) in [6, 6.07) is 4.18. The highest BCUT2D eigenvalue weighted by molar-refractivity contribution is 7.80. The number of phenolic OH excluding ortho intramolecular Hbond substituents is 1. The van der Waals surface area contributed by atoms with Crippen molar-refractivity contribution in [3.8, 4) is 5.75 Å². The lowest BCUT2D eigenvalue weighted by molar-refractivity contribution is 0.0336. The molecule has 88 valence electrons. The molecule has 16 heavy (non-hydrogen) atoms. The van der Waals surface area contributed by atoms with E-state index in [9.17, 15) is 20.1 Å². The number of rotatable bonds is 4. The van der Waals surface area contributed by atoms with E-state index in [0.717, 1.165) is 0 Å². The van der Waals surface area contributed by atoms with Crippen LogP contribution in [0.3, 0.4) is 0 Å². The van der Waals surface area contributed by atoms with Gasteiger partial charge in [0.25, 0.3) is 0 Å². The van der Waals surface area contributed by atoms with Crippen molar-refractivity contribution in [2.75, 3.05) is 5.75 Å². The second-order valence-corrected chi connectivity index (χ2v) is 3.89. The fourth-order valence-electron chi connectivity index (χ4n) is 1.35. The molecule has 0 amide bonds. The Kier molecular flexibility index (Phi) is 4.35. The summed E-state index contributed by atoms with van der Waals surface area (Å²) in [6.45, 7) is 1.34. The molecule has 2 atom stereocenters. The van der Waals surface area contributed by atoms with Crippen molar-refractivity contribution >= 4 is 18.4 Å². The predicted octanol–water partition coefficient (Wildman–Crippen LogP) is 0.919. The van der Waals surface area contributed by atoms with Crippen molar-refractivity contribution in [2.45, 2.75) is 19.1 Å². The molecule has 1 rings (SSSR count). The normalized spacial score (nSPS) is 14.5. The molecular formula is C11H14O4S. The molecule has 0 aliphatic heterocycles. The van der Waals surface area contributed by atoms with Gasteiger partial charge in [-0.05, 0) is 24.6 Å². The maximum atomic E-state index is 11.1. The second-order valence-electron chi connectivity index (χ2n) is 3.53. The van der Waals surface area contributed by atoms with E-state index in [1.54, 1.807) is 0 Å². The molecule has 3 N–H and O–H groups in total. The van der Waals surface area contributed by atoms with E-state index in [1.807, 2.05) is 0 Å². The van der Waals surface area contributed by atoms with E-state index in [0.29, 0.717) is 5.56 Å². The molecule has 1 aromatic rings. The molecule has 2 unspecified atom stereocenters. The van der Waals surface area contributed by atoms with Crippen LogP contribution >= 0.6 is 12.6 Å². The minimum Gasteiger partial charge on any atom is -0.507 e. The molecule has 0 fully saturated rings. The average Bonchev–Trinajstić information content (AvgIpc) is 2.26. The van der Waals surface area contributed by atoms with Crippen molar-refractivity contribution in [1.29, 1.82) is 0 Å². The number of aliphatic hydroxyl groups is 2. The molecule has 0 radical (unpaired) electrons. The standard InChI is InChI=1S/C11H14O4S/c1-6(12)8-3-2-7(4-9(8)13)11(15)10(14)5-16/h2-4,10-11,13-16H,5H2,1H3. The Hall–Kier alpha value is -1.04. The van der Waals surface area contributed by atoms with Crippen LogP contribution in [0.5, 0.6) is 5.75 Å². The van der Waals surface area contributed by atoms with Gasteiger partial charge in [-0.1, -0.05) is 6.07 Å². The first-order valence-electron chi connectivity index (χ1n) is 4.78. The number of Topliss-reactive ketones (excluding diaryl/α,β-unsaturated/α-hetero) is 1. The predicted molar refractivity (Wildman–Crippen MR) is 62.9 cm³/mol. The van der Waals surface area contributed by atoms with Gasteiger partial charge in [0.2, 0.25) is 0 Å². The molecule has 0 heterocycles. The lowest BCUT2D eigenvalue weighted by Crippen LogP contribution is -2.19. The van der Waals surface area contributed by atoms with Gasteiger partial charge >= 0.3 is 0 Å². The van der Waals surface area contributed by atoms with Gasteiger partial charge in [0, 0.05) is 5.75 Å². The van der Waals surface area contributed by atoms with E-state index >= 15 is 0 Å². The molecule has 0 saturated heterocycles. The van der Waals surface area contributed by atoms with Gasteiger partial charge in [-0.25, -0.2) is 0 Å². The van der Waals surface area contributed by atoms with Crippen LogP contribution in [0.15, 0.2) is 18.2 Å². The van der Waals surface area contributed by atoms with Crippen LogP contribution < -0.4 is 0 Å². The zero-order valence-corrected chi connectivity index (χ0v) is 9.69. The third-order valence-corrected chi connectivity index (χ3v) is 2.67. The lowest BCUT2D eigenvalue weighted by Gasteiger charge is -2.16. The quantitative estimate of drug-likeness (QED) is 0.468. The summed E-state index contributed by atoms with van der Waals surface area (Å²) in [5.41, 5.74) is 0.542. The largest absolute Gasteiger partial charge is 0.507 e. The monoisotopic (exact) mass is 242 g/mol. The maximum Gasteiger partial charge on any atom is 0.163 e. The van der Waals surface area contributed by atoms with E-state index in [1.165, 1.54) is 25.1 Å². The van der Waals surface area contributed by atoms with Gasteiger partial charge in [0.1, 0.15) is 11.9 Å². The number of carbonyl (C=O) groups is 1. The number of thiol groups is 1. The number of benzene rings is 1. The van der Waals surface area contributed by atoms with Crippen LogP contribution in [0.4, 0.5) is 0 Å². The zero-order chi connectivity index (χ0) is 12.3. The topological polar surface area (TPSA) is 77.8 Å². The highest BCUT2D eigenvalue weighted by Crippen LogP contribution is 2.25. The van der Waals surface area contributed by atoms with Crippen LogP contribution in [0.2, 0.25) is 0 Å². The van der Waals surface area contributed by atoms with Crippen LogP contribution in [-0.2, 0) is 0 Å². The smallest absolute Gasteiger partial charge is 0.163 e. The molecule has 0 bridgehead atoms. The molecule has 0 aliphatic carbocycles. The Bertz CT molecular complexity index is 392. The summed E-state index contributed by atoms with van der Waals surface area (Å²) in [4.78, 5) is 11.1. The maximum absolute atomic E-state index is 11.1. The highest BCUT2D eigenvalue weighted by atomic mass is 32.1. The molecule has 0 aliphatic rings. The van der Waals surface area contributed by atoms with Crippen LogP contribution in [0.25, 0.3) is 0 Å². The number of carbonyl (C=O) groups excluding carboxylic acids is 1. The number of aliphatic hydroxyl groups excluding tert-OH is 2. The summed E-state index contributed by atoms with van der Waals surface area (Å²) in [6.07, 6.45) is -2.13. The van der Waals surface area contributed by atoms with Crippen LogP contribution in [0, 0.1) is 0 Å². The Morgan fingerprint density at radius 3 is 2.50 bits per heavy atom. The molecule has 5 heteroatoms. The number of phenols is 1. The summed E-state index contributed by atoms with van der Waals surface area (Å²) in [5.74, 6) is -0.347. The van der Waals surface area contributed by atoms with Gasteiger partial charge in [0.05, 0.1) is 11.7 Å². The van der Waals surface area contributed by atoms with E-state index in [2.05, 4.69) is 12.6 Å². The summed E-state index contributed by atoms with van der Waals surface area (Å²) in [5, 5.41) is 28.6. The van der Waals surface area contributed by atoms with Crippen LogP contribution in [-0.4, -0.2) is 33.0 Å². The number of hydrogen-bond donors (Lipinski definition) is 4. The number of ketones is 1. The second kappa shape index (κ2) is 5.34. The minimum absolute atomic E-state index is 0.108. The summed E-state index contributed by atoms with van der Waals surface area (Å²) in [7, 11) is 0. The lowest BCUT2D eigenvalue weighted by atomic mass is 10.0. The van der Waals surface area contributed by atoms with Crippen molar-refractivity contribution in [3.63, 3.8) is 0 Å². The van der Waals surface area contributed by atoms with E-state index in [4.69, 9.17) is 0 Å². The molecule has 0 saturated carbocycles. The van der Waals surface area contributed by atoms with Crippen molar-refractivity contribution in [2.24, 2.45) is 0 Å². The SMILES string of the molecule is CC(=O)c1ccc(C(O)C(O)CS)cc1O. The van der Waals surface area contributed by atoms with E-state index < -0.39 is 12.2 Å². The summed E-state index contributed by atoms with van der Waals surface area (Å²) < 4.78 is 0. The molecular weight excluding hydrogens is 228 g/mol.